The number of hydrogen-bond donors (Lipinski definition) is 2. The van der Waals surface area contributed by atoms with Crippen LogP contribution in [0.4, 0.5) is 5.82 Å². The SMILES string of the molecule is Cc1nc(NCCCOCCN)ccc1Br. The van der Waals surface area contributed by atoms with Crippen molar-refractivity contribution in [2.24, 2.45) is 5.73 Å². The van der Waals surface area contributed by atoms with Crippen molar-refractivity contribution in [1.82, 2.24) is 4.98 Å². The van der Waals surface area contributed by atoms with E-state index in [0.29, 0.717) is 13.2 Å². The van der Waals surface area contributed by atoms with Crippen molar-refractivity contribution < 1.29 is 4.74 Å². The van der Waals surface area contributed by atoms with E-state index in [9.17, 15) is 0 Å². The molecule has 0 bridgehead atoms. The molecule has 1 heterocycles. The van der Waals surface area contributed by atoms with Gasteiger partial charge in [-0.2, -0.15) is 0 Å². The summed E-state index contributed by atoms with van der Waals surface area (Å²) in [5.74, 6) is 0.902. The van der Waals surface area contributed by atoms with Gasteiger partial charge in [0.05, 0.1) is 12.3 Å². The molecule has 0 amide bonds. The molecular formula is C11H18BrN3O. The van der Waals surface area contributed by atoms with Crippen LogP contribution >= 0.6 is 15.9 Å². The summed E-state index contributed by atoms with van der Waals surface area (Å²) in [4.78, 5) is 4.39. The molecule has 90 valence electrons. The third-order valence-corrected chi connectivity index (χ3v) is 2.89. The van der Waals surface area contributed by atoms with Crippen LogP contribution in [0.15, 0.2) is 16.6 Å². The average molecular weight is 288 g/mol. The van der Waals surface area contributed by atoms with Crippen LogP contribution in [0, 0.1) is 6.92 Å². The fourth-order valence-corrected chi connectivity index (χ4v) is 1.44. The zero-order valence-corrected chi connectivity index (χ0v) is 11.1. The van der Waals surface area contributed by atoms with Gasteiger partial charge in [-0.05, 0) is 41.4 Å². The van der Waals surface area contributed by atoms with E-state index in [2.05, 4.69) is 26.2 Å². The van der Waals surface area contributed by atoms with E-state index in [4.69, 9.17) is 10.5 Å². The first kappa shape index (κ1) is 13.4. The lowest BCUT2D eigenvalue weighted by molar-refractivity contribution is 0.141. The van der Waals surface area contributed by atoms with Gasteiger partial charge >= 0.3 is 0 Å². The van der Waals surface area contributed by atoms with E-state index in [-0.39, 0.29) is 0 Å². The Bertz CT molecular complexity index is 320. The van der Waals surface area contributed by atoms with Crippen molar-refractivity contribution in [2.45, 2.75) is 13.3 Å². The number of nitrogens with one attached hydrogen (secondary N) is 1. The van der Waals surface area contributed by atoms with Gasteiger partial charge in [0.1, 0.15) is 5.82 Å². The molecule has 0 atom stereocenters. The van der Waals surface area contributed by atoms with Gasteiger partial charge in [-0.1, -0.05) is 0 Å². The van der Waals surface area contributed by atoms with E-state index in [1.165, 1.54) is 0 Å². The predicted octanol–water partition coefficient (Wildman–Crippen LogP) is 1.93. The standard InChI is InChI=1S/C11H18BrN3O/c1-9-10(12)3-4-11(15-9)14-6-2-7-16-8-5-13/h3-4H,2,5-8,13H2,1H3,(H,14,15). The molecule has 1 aromatic heterocycles. The molecule has 0 spiro atoms. The van der Waals surface area contributed by atoms with Crippen LogP contribution in [-0.2, 0) is 4.74 Å². The second kappa shape index (κ2) is 7.60. The molecule has 4 nitrogen and oxygen atoms in total. The summed E-state index contributed by atoms with van der Waals surface area (Å²) in [6, 6.07) is 3.95. The Morgan fingerprint density at radius 1 is 1.44 bits per heavy atom. The highest BCUT2D eigenvalue weighted by atomic mass is 79.9. The summed E-state index contributed by atoms with van der Waals surface area (Å²) >= 11 is 3.42. The first-order chi connectivity index (χ1) is 7.74. The van der Waals surface area contributed by atoms with Gasteiger partial charge in [-0.3, -0.25) is 0 Å². The maximum atomic E-state index is 5.31. The molecule has 0 aromatic carbocycles. The Hall–Kier alpha value is -0.650. The number of anilines is 1. The summed E-state index contributed by atoms with van der Waals surface area (Å²) in [7, 11) is 0. The van der Waals surface area contributed by atoms with Crippen LogP contribution in [0.3, 0.4) is 0 Å². The van der Waals surface area contributed by atoms with Gasteiger partial charge < -0.3 is 15.8 Å². The molecule has 1 rings (SSSR count). The lowest BCUT2D eigenvalue weighted by Gasteiger charge is -2.07. The fourth-order valence-electron chi connectivity index (χ4n) is 1.22. The number of nitrogens with zero attached hydrogens (tertiary/aromatic N) is 1. The number of hydrogen-bond acceptors (Lipinski definition) is 4. The fraction of sp³-hybridized carbons (Fsp3) is 0.545. The van der Waals surface area contributed by atoms with E-state index in [1.807, 2.05) is 19.1 Å². The number of ether oxygens (including phenoxy) is 1. The van der Waals surface area contributed by atoms with Crippen molar-refractivity contribution in [2.75, 3.05) is 31.6 Å². The molecule has 0 aliphatic rings. The smallest absolute Gasteiger partial charge is 0.126 e. The summed E-state index contributed by atoms with van der Waals surface area (Å²) < 4.78 is 6.30. The maximum absolute atomic E-state index is 5.31. The minimum absolute atomic E-state index is 0.584. The Balaban J connectivity index is 2.19. The molecule has 0 saturated carbocycles. The number of aryl methyl sites for hydroxylation is 1. The van der Waals surface area contributed by atoms with Crippen LogP contribution in [0.5, 0.6) is 0 Å². The van der Waals surface area contributed by atoms with Gasteiger partial charge in [0.25, 0.3) is 0 Å². The molecule has 0 saturated heterocycles. The lowest BCUT2D eigenvalue weighted by atomic mass is 10.3. The summed E-state index contributed by atoms with van der Waals surface area (Å²) in [5.41, 5.74) is 6.30. The number of rotatable bonds is 7. The predicted molar refractivity (Wildman–Crippen MR) is 69.7 cm³/mol. The summed E-state index contributed by atoms with van der Waals surface area (Å²) in [5, 5.41) is 3.25. The first-order valence-corrected chi connectivity index (χ1v) is 6.18. The van der Waals surface area contributed by atoms with Crippen molar-refractivity contribution in [3.05, 3.63) is 22.3 Å². The summed E-state index contributed by atoms with van der Waals surface area (Å²) in [6.45, 7) is 4.79. The van der Waals surface area contributed by atoms with E-state index in [1.54, 1.807) is 0 Å². The molecule has 0 fully saturated rings. The highest BCUT2D eigenvalue weighted by Gasteiger charge is 1.98. The normalized spacial score (nSPS) is 10.4. The molecule has 0 aliphatic carbocycles. The minimum Gasteiger partial charge on any atom is -0.380 e. The first-order valence-electron chi connectivity index (χ1n) is 5.39. The zero-order chi connectivity index (χ0) is 11.8. The largest absolute Gasteiger partial charge is 0.380 e. The zero-order valence-electron chi connectivity index (χ0n) is 9.50. The van der Waals surface area contributed by atoms with Gasteiger partial charge in [-0.25, -0.2) is 4.98 Å². The third kappa shape index (κ3) is 4.92. The Morgan fingerprint density at radius 2 is 2.25 bits per heavy atom. The Morgan fingerprint density at radius 3 is 2.94 bits per heavy atom. The van der Waals surface area contributed by atoms with E-state index in [0.717, 1.165) is 35.6 Å². The van der Waals surface area contributed by atoms with Crippen LogP contribution < -0.4 is 11.1 Å². The van der Waals surface area contributed by atoms with Crippen molar-refractivity contribution >= 4 is 21.7 Å². The number of pyridine rings is 1. The average Bonchev–Trinajstić information content (AvgIpc) is 2.28. The quantitative estimate of drug-likeness (QED) is 0.753. The molecule has 1 aromatic rings. The minimum atomic E-state index is 0.584. The van der Waals surface area contributed by atoms with Crippen molar-refractivity contribution in [1.29, 1.82) is 0 Å². The third-order valence-electron chi connectivity index (χ3n) is 2.06. The topological polar surface area (TPSA) is 60.2 Å². The molecule has 0 unspecified atom stereocenters. The highest BCUT2D eigenvalue weighted by Crippen LogP contribution is 2.15. The molecule has 0 radical (unpaired) electrons. The Kier molecular flexibility index (Phi) is 6.37. The van der Waals surface area contributed by atoms with Gasteiger partial charge in [0.2, 0.25) is 0 Å². The van der Waals surface area contributed by atoms with Gasteiger partial charge in [-0.15, -0.1) is 0 Å². The van der Waals surface area contributed by atoms with Crippen LogP contribution in [0.25, 0.3) is 0 Å². The maximum Gasteiger partial charge on any atom is 0.126 e. The molecule has 3 N–H and O–H groups in total. The Labute approximate surface area is 105 Å². The highest BCUT2D eigenvalue weighted by molar-refractivity contribution is 9.10. The molecule has 5 heteroatoms. The lowest BCUT2D eigenvalue weighted by Crippen LogP contribution is -2.11. The number of halogens is 1. The van der Waals surface area contributed by atoms with Gasteiger partial charge in [0, 0.05) is 24.2 Å². The van der Waals surface area contributed by atoms with Crippen molar-refractivity contribution in [3.63, 3.8) is 0 Å². The number of aromatic nitrogens is 1. The van der Waals surface area contributed by atoms with E-state index < -0.39 is 0 Å². The van der Waals surface area contributed by atoms with Gasteiger partial charge in [0.15, 0.2) is 0 Å². The monoisotopic (exact) mass is 287 g/mol. The molecule has 0 aliphatic heterocycles. The second-order valence-corrected chi connectivity index (χ2v) is 4.30. The molecule has 16 heavy (non-hydrogen) atoms. The van der Waals surface area contributed by atoms with Crippen molar-refractivity contribution in [3.8, 4) is 0 Å². The van der Waals surface area contributed by atoms with Crippen LogP contribution in [0.1, 0.15) is 12.1 Å². The van der Waals surface area contributed by atoms with E-state index >= 15 is 0 Å². The molecular weight excluding hydrogens is 270 g/mol. The van der Waals surface area contributed by atoms with Crippen LogP contribution in [-0.4, -0.2) is 31.3 Å². The van der Waals surface area contributed by atoms with Crippen LogP contribution in [0.2, 0.25) is 0 Å². The number of nitrogens with two attached hydrogens (primary N) is 1. The summed E-state index contributed by atoms with van der Waals surface area (Å²) in [6.07, 6.45) is 0.955. The second-order valence-electron chi connectivity index (χ2n) is 3.45.